The van der Waals surface area contributed by atoms with Crippen molar-refractivity contribution in [2.75, 3.05) is 0 Å². The van der Waals surface area contributed by atoms with Crippen molar-refractivity contribution in [2.24, 2.45) is 5.73 Å². The molecule has 1 aromatic heterocycles. The van der Waals surface area contributed by atoms with E-state index in [9.17, 15) is 0 Å². The molecule has 0 saturated carbocycles. The average molecular weight is 165 g/mol. The minimum absolute atomic E-state index is 0.182. The number of hydrogen-bond donors (Lipinski definition) is 1. The molecule has 1 aliphatic rings. The Labute approximate surface area is 72.6 Å². The Morgan fingerprint density at radius 1 is 1.75 bits per heavy atom. The fourth-order valence-corrected chi connectivity index (χ4v) is 1.79. The molecule has 0 radical (unpaired) electrons. The predicted octanol–water partition coefficient (Wildman–Crippen LogP) is 1.24. The summed E-state index contributed by atoms with van der Waals surface area (Å²) in [6.07, 6.45) is 5.59. The van der Waals surface area contributed by atoms with E-state index >= 15 is 0 Å². The van der Waals surface area contributed by atoms with Crippen LogP contribution in [0.15, 0.2) is 6.20 Å². The molecule has 3 nitrogen and oxygen atoms in total. The van der Waals surface area contributed by atoms with E-state index < -0.39 is 0 Å². The van der Waals surface area contributed by atoms with Crippen LogP contribution in [0.25, 0.3) is 0 Å². The van der Waals surface area contributed by atoms with Gasteiger partial charge < -0.3 is 5.73 Å². The minimum atomic E-state index is 0.182. The highest BCUT2D eigenvalue weighted by molar-refractivity contribution is 5.23. The highest BCUT2D eigenvalue weighted by Crippen LogP contribution is 2.26. The van der Waals surface area contributed by atoms with Crippen LogP contribution in [0.4, 0.5) is 0 Å². The summed E-state index contributed by atoms with van der Waals surface area (Å²) in [4.78, 5) is 0. The van der Waals surface area contributed by atoms with E-state index in [0.717, 1.165) is 25.1 Å². The Bertz CT molecular complexity index is 277. The van der Waals surface area contributed by atoms with Crippen LogP contribution in [0.5, 0.6) is 0 Å². The van der Waals surface area contributed by atoms with Gasteiger partial charge in [0.15, 0.2) is 0 Å². The summed E-state index contributed by atoms with van der Waals surface area (Å²) in [7, 11) is 0. The Balaban J connectivity index is 2.37. The van der Waals surface area contributed by atoms with Gasteiger partial charge in [0.05, 0.1) is 5.69 Å². The van der Waals surface area contributed by atoms with Crippen molar-refractivity contribution in [1.82, 2.24) is 9.78 Å². The lowest BCUT2D eigenvalue weighted by Gasteiger charge is -2.15. The third kappa shape index (κ3) is 1.14. The first-order valence-electron chi connectivity index (χ1n) is 4.63. The molecule has 2 rings (SSSR count). The lowest BCUT2D eigenvalue weighted by Crippen LogP contribution is -2.17. The number of rotatable bonds is 1. The molecule has 0 spiro atoms. The molecule has 0 aliphatic heterocycles. The maximum atomic E-state index is 5.94. The van der Waals surface area contributed by atoms with Gasteiger partial charge in [0.25, 0.3) is 0 Å². The van der Waals surface area contributed by atoms with Gasteiger partial charge in [-0.2, -0.15) is 5.10 Å². The van der Waals surface area contributed by atoms with Gasteiger partial charge in [0, 0.05) is 18.8 Å². The van der Waals surface area contributed by atoms with Gasteiger partial charge in [0.1, 0.15) is 0 Å². The van der Waals surface area contributed by atoms with Crippen molar-refractivity contribution in [3.63, 3.8) is 0 Å². The van der Waals surface area contributed by atoms with Crippen molar-refractivity contribution in [3.8, 4) is 0 Å². The third-order valence-electron chi connectivity index (χ3n) is 2.51. The van der Waals surface area contributed by atoms with Crippen LogP contribution in [0.2, 0.25) is 0 Å². The van der Waals surface area contributed by atoms with Crippen LogP contribution in [-0.4, -0.2) is 9.78 Å². The van der Waals surface area contributed by atoms with E-state index in [-0.39, 0.29) is 6.04 Å². The molecule has 1 unspecified atom stereocenters. The topological polar surface area (TPSA) is 43.8 Å². The highest BCUT2D eigenvalue weighted by atomic mass is 15.3. The summed E-state index contributed by atoms with van der Waals surface area (Å²) in [6, 6.07) is 0.182. The predicted molar refractivity (Wildman–Crippen MR) is 47.8 cm³/mol. The number of nitrogens with two attached hydrogens (primary N) is 1. The minimum Gasteiger partial charge on any atom is -0.323 e. The van der Waals surface area contributed by atoms with Crippen molar-refractivity contribution in [1.29, 1.82) is 0 Å². The van der Waals surface area contributed by atoms with E-state index in [1.165, 1.54) is 12.0 Å². The van der Waals surface area contributed by atoms with E-state index in [1.807, 2.05) is 4.68 Å². The van der Waals surface area contributed by atoms with Gasteiger partial charge in [0.2, 0.25) is 0 Å². The molecule has 2 N–H and O–H groups in total. The third-order valence-corrected chi connectivity index (χ3v) is 2.51. The van der Waals surface area contributed by atoms with Crippen molar-refractivity contribution < 1.29 is 0 Å². The second-order valence-electron chi connectivity index (χ2n) is 3.39. The van der Waals surface area contributed by atoms with Crippen LogP contribution >= 0.6 is 0 Å². The number of fused-ring (bicyclic) bond motifs is 1. The smallest absolute Gasteiger partial charge is 0.0823 e. The zero-order chi connectivity index (χ0) is 8.55. The summed E-state index contributed by atoms with van der Waals surface area (Å²) in [6.45, 7) is 3.05. The Morgan fingerprint density at radius 2 is 2.58 bits per heavy atom. The molecule has 1 atom stereocenters. The van der Waals surface area contributed by atoms with Crippen molar-refractivity contribution in [3.05, 3.63) is 17.5 Å². The average Bonchev–Trinajstić information content (AvgIpc) is 2.49. The van der Waals surface area contributed by atoms with Gasteiger partial charge in [-0.25, -0.2) is 0 Å². The molecule has 1 heterocycles. The van der Waals surface area contributed by atoms with Crippen LogP contribution in [0.3, 0.4) is 0 Å². The number of hydrogen-bond acceptors (Lipinski definition) is 2. The fourth-order valence-electron chi connectivity index (χ4n) is 1.79. The zero-order valence-electron chi connectivity index (χ0n) is 7.45. The Kier molecular flexibility index (Phi) is 1.89. The second kappa shape index (κ2) is 2.90. The SMILES string of the molecule is CCn1cc2c(n1)C(N)CCC2. The molecular formula is C9H15N3. The molecular weight excluding hydrogens is 150 g/mol. The maximum Gasteiger partial charge on any atom is 0.0823 e. The molecule has 0 amide bonds. The van der Waals surface area contributed by atoms with E-state index in [2.05, 4.69) is 18.2 Å². The zero-order valence-corrected chi connectivity index (χ0v) is 7.45. The molecule has 0 aromatic carbocycles. The van der Waals surface area contributed by atoms with Crippen molar-refractivity contribution >= 4 is 0 Å². The van der Waals surface area contributed by atoms with Crippen molar-refractivity contribution in [2.45, 2.75) is 38.8 Å². The highest BCUT2D eigenvalue weighted by Gasteiger charge is 2.19. The number of aryl methyl sites for hydroxylation is 2. The molecule has 0 saturated heterocycles. The first-order chi connectivity index (χ1) is 5.81. The molecule has 1 aliphatic carbocycles. The van der Waals surface area contributed by atoms with E-state index in [0.29, 0.717) is 0 Å². The van der Waals surface area contributed by atoms with E-state index in [4.69, 9.17) is 5.73 Å². The van der Waals surface area contributed by atoms with Crippen LogP contribution in [0.1, 0.15) is 37.1 Å². The quantitative estimate of drug-likeness (QED) is 0.680. The number of aromatic nitrogens is 2. The normalized spacial score (nSPS) is 22.3. The molecule has 0 bridgehead atoms. The Morgan fingerprint density at radius 3 is 3.25 bits per heavy atom. The monoisotopic (exact) mass is 165 g/mol. The van der Waals surface area contributed by atoms with Gasteiger partial charge in [-0.15, -0.1) is 0 Å². The Hall–Kier alpha value is -0.830. The van der Waals surface area contributed by atoms with Crippen LogP contribution in [0, 0.1) is 0 Å². The first kappa shape index (κ1) is 7.80. The van der Waals surface area contributed by atoms with E-state index in [1.54, 1.807) is 0 Å². The van der Waals surface area contributed by atoms with Gasteiger partial charge in [-0.3, -0.25) is 4.68 Å². The lowest BCUT2D eigenvalue weighted by molar-refractivity contribution is 0.547. The maximum absolute atomic E-state index is 5.94. The second-order valence-corrected chi connectivity index (χ2v) is 3.39. The fraction of sp³-hybridized carbons (Fsp3) is 0.667. The molecule has 66 valence electrons. The molecule has 1 aromatic rings. The summed E-state index contributed by atoms with van der Waals surface area (Å²) < 4.78 is 1.98. The summed E-state index contributed by atoms with van der Waals surface area (Å²) in [5.74, 6) is 0. The summed E-state index contributed by atoms with van der Waals surface area (Å²) >= 11 is 0. The number of nitrogens with zero attached hydrogens (tertiary/aromatic N) is 2. The van der Waals surface area contributed by atoms with Crippen LogP contribution in [-0.2, 0) is 13.0 Å². The summed E-state index contributed by atoms with van der Waals surface area (Å²) in [5.41, 5.74) is 8.42. The first-order valence-corrected chi connectivity index (χ1v) is 4.63. The largest absolute Gasteiger partial charge is 0.323 e. The molecule has 12 heavy (non-hydrogen) atoms. The summed E-state index contributed by atoms with van der Waals surface area (Å²) in [5, 5.41) is 4.44. The lowest BCUT2D eigenvalue weighted by atomic mass is 9.95. The van der Waals surface area contributed by atoms with Gasteiger partial charge in [-0.1, -0.05) is 0 Å². The molecule has 3 heteroatoms. The molecule has 0 fully saturated rings. The standard InChI is InChI=1S/C9H15N3/c1-2-12-6-7-4-3-5-8(10)9(7)11-12/h6,8H,2-5,10H2,1H3. The van der Waals surface area contributed by atoms with Crippen LogP contribution < -0.4 is 5.73 Å². The van der Waals surface area contributed by atoms with Gasteiger partial charge in [-0.05, 0) is 31.7 Å². The van der Waals surface area contributed by atoms with Gasteiger partial charge >= 0.3 is 0 Å².